The number of carbonyl (C=O) groups excluding carboxylic acids is 1. The topological polar surface area (TPSA) is 74.0 Å². The van der Waals surface area contributed by atoms with Crippen LogP contribution in [-0.4, -0.2) is 29.1 Å². The summed E-state index contributed by atoms with van der Waals surface area (Å²) < 4.78 is 1.51. The number of hydrogen-bond acceptors (Lipinski definition) is 4. The number of aromatic nitrogens is 1. The molecule has 0 aliphatic heterocycles. The summed E-state index contributed by atoms with van der Waals surface area (Å²) in [6.07, 6.45) is 3.17. The fourth-order valence-electron chi connectivity index (χ4n) is 4.74. The number of hydrogen-bond donors (Lipinski definition) is 1. The number of ketones is 1. The average molecular weight is 849 g/mol. The second-order valence-corrected chi connectivity index (χ2v) is 25.2. The minimum Gasteiger partial charge on any atom is 0 e. The first-order chi connectivity index (χ1) is 21.0. The molecule has 1 heterocycles. The van der Waals surface area contributed by atoms with Crippen molar-refractivity contribution in [3.05, 3.63) is 109 Å². The molecule has 5 rings (SSSR count). The molecule has 0 amide bonds. The summed E-state index contributed by atoms with van der Waals surface area (Å²) in [5.74, 6) is 7.36. The standard InChI is InChI=1S/C29H23GeN2.C11H20O2.Ir/c1-30(2,3)26-11-8-20(9-12-26)21-10-13-28-23(16-21)14-15-32-29(28)24-17-22-6-4-5-7-27(22)25(18-24)19-31;1-10(2,3)8(12)7-9(13)11(4,5)6;/h4-16,18H,1-3H3;7,12H,1-6H3;/q-1;;/b;8-7-;. The van der Waals surface area contributed by atoms with Crippen molar-refractivity contribution in [2.45, 2.75) is 58.8 Å². The second-order valence-electron chi connectivity index (χ2n) is 14.6. The molecule has 0 aliphatic carbocycles. The number of aliphatic hydroxyl groups is 1. The van der Waals surface area contributed by atoms with Crippen molar-refractivity contribution in [2.75, 3.05) is 0 Å². The van der Waals surface area contributed by atoms with Gasteiger partial charge < -0.3 is 5.11 Å². The smallest absolute Gasteiger partial charge is 0 e. The molecular formula is C40H43GeIrN2O2-. The van der Waals surface area contributed by atoms with E-state index in [-0.39, 0.29) is 37.1 Å². The third-order valence-electron chi connectivity index (χ3n) is 7.77. The van der Waals surface area contributed by atoms with E-state index in [2.05, 4.69) is 76.9 Å². The van der Waals surface area contributed by atoms with Crippen LogP contribution >= 0.6 is 0 Å². The van der Waals surface area contributed by atoms with Gasteiger partial charge in [-0.3, -0.25) is 4.79 Å². The van der Waals surface area contributed by atoms with Crippen molar-refractivity contribution in [3.8, 4) is 28.5 Å². The Morgan fingerprint density at radius 2 is 1.48 bits per heavy atom. The van der Waals surface area contributed by atoms with Crippen molar-refractivity contribution in [1.82, 2.24) is 4.98 Å². The maximum absolute atomic E-state index is 11.5. The molecule has 0 bridgehead atoms. The van der Waals surface area contributed by atoms with Gasteiger partial charge in [-0.25, -0.2) is 0 Å². The molecule has 6 heteroatoms. The predicted molar refractivity (Wildman–Crippen MR) is 191 cm³/mol. The van der Waals surface area contributed by atoms with Crippen molar-refractivity contribution >= 4 is 45.0 Å². The zero-order valence-electron chi connectivity index (χ0n) is 28.2. The number of allylic oxidation sites excluding steroid dienone is 2. The van der Waals surface area contributed by atoms with E-state index >= 15 is 0 Å². The summed E-state index contributed by atoms with van der Waals surface area (Å²) in [6.45, 7) is 11.1. The maximum Gasteiger partial charge on any atom is 0 e. The van der Waals surface area contributed by atoms with E-state index in [9.17, 15) is 15.2 Å². The molecule has 0 saturated carbocycles. The number of rotatable bonds is 4. The number of aliphatic hydroxyl groups excluding tert-OH is 1. The molecule has 46 heavy (non-hydrogen) atoms. The Morgan fingerprint density at radius 3 is 2.07 bits per heavy atom. The zero-order valence-corrected chi connectivity index (χ0v) is 32.7. The summed E-state index contributed by atoms with van der Waals surface area (Å²) >= 11 is -1.81. The molecule has 1 N–H and O–H groups in total. The van der Waals surface area contributed by atoms with Gasteiger partial charge in [0.05, 0.1) is 6.07 Å². The molecule has 0 fully saturated rings. The molecule has 239 valence electrons. The molecule has 1 radical (unpaired) electrons. The summed E-state index contributed by atoms with van der Waals surface area (Å²) in [5.41, 5.74) is 4.01. The van der Waals surface area contributed by atoms with E-state index in [4.69, 9.17) is 0 Å². The zero-order chi connectivity index (χ0) is 33.2. The van der Waals surface area contributed by atoms with E-state index in [0.717, 1.165) is 32.8 Å². The Balaban J connectivity index is 0.000000352. The van der Waals surface area contributed by atoms with Gasteiger partial charge in [0.2, 0.25) is 0 Å². The van der Waals surface area contributed by atoms with Crippen molar-refractivity contribution < 1.29 is 30.0 Å². The first-order valence-corrected chi connectivity index (χ1v) is 22.6. The minimum atomic E-state index is -1.81. The number of benzene rings is 4. The van der Waals surface area contributed by atoms with Crippen LogP contribution < -0.4 is 4.40 Å². The number of pyridine rings is 1. The second kappa shape index (κ2) is 14.5. The fourth-order valence-corrected chi connectivity index (χ4v) is 7.19. The van der Waals surface area contributed by atoms with Gasteiger partial charge >= 0.3 is 151 Å². The van der Waals surface area contributed by atoms with Crippen LogP contribution in [0.1, 0.15) is 47.1 Å². The van der Waals surface area contributed by atoms with Crippen LogP contribution in [0, 0.1) is 28.2 Å². The Hall–Kier alpha value is -3.56. The van der Waals surface area contributed by atoms with Crippen LogP contribution in [0.25, 0.3) is 43.9 Å². The summed E-state index contributed by atoms with van der Waals surface area (Å²) in [5, 5.41) is 23.3. The molecule has 0 aliphatic rings. The molecule has 0 unspecified atom stereocenters. The van der Waals surface area contributed by atoms with Crippen LogP contribution in [0.15, 0.2) is 96.9 Å². The third kappa shape index (κ3) is 8.82. The molecule has 1 aromatic heterocycles. The van der Waals surface area contributed by atoms with E-state index in [1.54, 1.807) is 0 Å². The van der Waals surface area contributed by atoms with Crippen LogP contribution in [-0.2, 0) is 24.9 Å². The first kappa shape index (κ1) is 36.9. The summed E-state index contributed by atoms with van der Waals surface area (Å²) in [4.78, 5) is 16.2. The maximum atomic E-state index is 11.5. The number of nitriles is 1. The number of nitrogens with zero attached hydrogens (tertiary/aromatic N) is 2. The summed E-state index contributed by atoms with van der Waals surface area (Å²) in [6, 6.07) is 33.2. The van der Waals surface area contributed by atoms with Gasteiger partial charge in [-0.05, 0) is 0 Å². The number of fused-ring (bicyclic) bond motifs is 2. The van der Waals surface area contributed by atoms with Gasteiger partial charge in [0.15, 0.2) is 5.78 Å². The van der Waals surface area contributed by atoms with E-state index in [1.807, 2.05) is 84.1 Å². The van der Waals surface area contributed by atoms with Gasteiger partial charge in [0.25, 0.3) is 0 Å². The van der Waals surface area contributed by atoms with Gasteiger partial charge in [0, 0.05) is 37.0 Å². The van der Waals surface area contributed by atoms with Gasteiger partial charge in [-0.1, -0.05) is 65.1 Å². The molecule has 4 aromatic carbocycles. The van der Waals surface area contributed by atoms with Gasteiger partial charge in [-0.2, -0.15) is 5.26 Å². The molecule has 0 spiro atoms. The normalized spacial score (nSPS) is 12.1. The van der Waals surface area contributed by atoms with E-state index in [0.29, 0.717) is 5.56 Å². The molecular weight excluding hydrogens is 805 g/mol. The van der Waals surface area contributed by atoms with E-state index < -0.39 is 18.7 Å². The Labute approximate surface area is 290 Å². The van der Waals surface area contributed by atoms with Gasteiger partial charge in [0.1, 0.15) is 5.76 Å². The Kier molecular flexibility index (Phi) is 11.6. The molecule has 0 atom stereocenters. The third-order valence-corrected chi connectivity index (χ3v) is 12.1. The molecule has 0 saturated heterocycles. The minimum absolute atomic E-state index is 0. The van der Waals surface area contributed by atoms with Crippen LogP contribution in [0.2, 0.25) is 17.3 Å². The summed E-state index contributed by atoms with van der Waals surface area (Å²) in [7, 11) is 0. The monoisotopic (exact) mass is 850 g/mol. The van der Waals surface area contributed by atoms with Crippen LogP contribution in [0.3, 0.4) is 0 Å². The van der Waals surface area contributed by atoms with E-state index in [1.165, 1.54) is 21.6 Å². The number of carbonyl (C=O) groups is 1. The first-order valence-electron chi connectivity index (χ1n) is 15.3. The largest absolute Gasteiger partial charge is 0 e. The Bertz CT molecular complexity index is 1930. The molecule has 5 aromatic rings. The quantitative estimate of drug-likeness (QED) is 0.0847. The Morgan fingerprint density at radius 1 is 0.848 bits per heavy atom. The van der Waals surface area contributed by atoms with Gasteiger partial charge in [-0.15, -0.1) is 6.07 Å². The van der Waals surface area contributed by atoms with Crippen molar-refractivity contribution in [3.63, 3.8) is 0 Å². The fraction of sp³-hybridized carbons (Fsp3) is 0.275. The molecule has 4 nitrogen and oxygen atoms in total. The van der Waals surface area contributed by atoms with Crippen molar-refractivity contribution in [2.24, 2.45) is 10.8 Å². The average Bonchev–Trinajstić information content (AvgIpc) is 2.99. The SMILES string of the molecule is CC(C)(C)C(=O)/C=C(\O)C(C)(C)C.[CH3][Ge]([CH3])([CH3])[c]1ccc(-c2ccc3c(-c4[c-]c5ccccc5c(C#N)c4)nccc3c2)cc1.[Ir]. The van der Waals surface area contributed by atoms with Crippen molar-refractivity contribution in [1.29, 1.82) is 5.26 Å². The van der Waals surface area contributed by atoms with Crippen LogP contribution in [0.4, 0.5) is 0 Å². The predicted octanol–water partition coefficient (Wildman–Crippen LogP) is 10.0. The van der Waals surface area contributed by atoms with Crippen LogP contribution in [0.5, 0.6) is 0 Å².